The summed E-state index contributed by atoms with van der Waals surface area (Å²) in [7, 11) is 0. The van der Waals surface area contributed by atoms with Crippen molar-refractivity contribution < 1.29 is 14.3 Å². The Morgan fingerprint density at radius 2 is 1.82 bits per heavy atom. The van der Waals surface area contributed by atoms with Crippen molar-refractivity contribution in [2.75, 3.05) is 0 Å². The van der Waals surface area contributed by atoms with Crippen LogP contribution in [0.25, 0.3) is 10.6 Å². The minimum absolute atomic E-state index is 0.214. The molecule has 2 atom stereocenters. The first-order chi connectivity index (χ1) is 13.5. The third kappa shape index (κ3) is 3.70. The maximum Gasteiger partial charge on any atom is 0.265 e. The highest BCUT2D eigenvalue weighted by atomic mass is 35.5. The van der Waals surface area contributed by atoms with Gasteiger partial charge in [0.25, 0.3) is 5.91 Å². The van der Waals surface area contributed by atoms with Gasteiger partial charge < -0.3 is 14.8 Å². The lowest BCUT2D eigenvalue weighted by Gasteiger charge is -2.30. The number of amides is 1. The lowest BCUT2D eigenvalue weighted by atomic mass is 10.1. The van der Waals surface area contributed by atoms with Gasteiger partial charge in [0.05, 0.1) is 17.3 Å². The van der Waals surface area contributed by atoms with Crippen LogP contribution in [0.2, 0.25) is 5.02 Å². The Balaban J connectivity index is 1.45. The Labute approximate surface area is 172 Å². The molecule has 0 unspecified atom stereocenters. The fourth-order valence-corrected chi connectivity index (χ4v) is 4.34. The van der Waals surface area contributed by atoms with Crippen molar-refractivity contribution >= 4 is 28.8 Å². The molecule has 2 heterocycles. The van der Waals surface area contributed by atoms with E-state index in [0.717, 1.165) is 21.1 Å². The third-order valence-corrected chi connectivity index (χ3v) is 6.04. The van der Waals surface area contributed by atoms with Gasteiger partial charge in [-0.3, -0.25) is 4.79 Å². The van der Waals surface area contributed by atoms with Crippen LogP contribution in [-0.4, -0.2) is 23.1 Å². The minimum Gasteiger partial charge on any atom is -0.482 e. The Morgan fingerprint density at radius 3 is 2.57 bits per heavy atom. The zero-order valence-electron chi connectivity index (χ0n) is 15.4. The first-order valence-corrected chi connectivity index (χ1v) is 10.1. The number of carbonyl (C=O) groups excluding carboxylic acids is 1. The summed E-state index contributed by atoms with van der Waals surface area (Å²) in [6, 6.07) is 15.0. The van der Waals surface area contributed by atoms with Crippen LogP contribution >= 0.6 is 22.9 Å². The minimum atomic E-state index is -0.703. The summed E-state index contributed by atoms with van der Waals surface area (Å²) in [6.45, 7) is 4.13. The average molecular weight is 415 g/mol. The average Bonchev–Trinajstić information content (AvgIpc) is 3.06. The Bertz CT molecular complexity index is 1020. The van der Waals surface area contributed by atoms with Crippen molar-refractivity contribution in [3.05, 3.63) is 64.1 Å². The fourth-order valence-electron chi connectivity index (χ4n) is 3.02. The van der Waals surface area contributed by atoms with Gasteiger partial charge in [-0.2, -0.15) is 0 Å². The van der Waals surface area contributed by atoms with E-state index in [1.54, 1.807) is 6.07 Å². The van der Waals surface area contributed by atoms with Gasteiger partial charge in [0.1, 0.15) is 11.1 Å². The highest BCUT2D eigenvalue weighted by molar-refractivity contribution is 7.15. The molecule has 1 aliphatic heterocycles. The van der Waals surface area contributed by atoms with Crippen molar-refractivity contribution in [1.82, 2.24) is 10.3 Å². The molecule has 1 aliphatic rings. The first kappa shape index (κ1) is 18.8. The zero-order valence-corrected chi connectivity index (χ0v) is 17.0. The monoisotopic (exact) mass is 414 g/mol. The number of thiazole rings is 1. The Morgan fingerprint density at radius 1 is 1.14 bits per heavy atom. The number of nitrogens with zero attached hydrogens (tertiary/aromatic N) is 1. The molecule has 0 aliphatic carbocycles. The molecule has 7 heteroatoms. The number of hydrogen-bond acceptors (Lipinski definition) is 5. The summed E-state index contributed by atoms with van der Waals surface area (Å²) >= 11 is 7.80. The van der Waals surface area contributed by atoms with E-state index in [2.05, 4.69) is 10.3 Å². The van der Waals surface area contributed by atoms with Gasteiger partial charge in [0.15, 0.2) is 11.5 Å². The Hall–Kier alpha value is -2.57. The molecule has 4 rings (SSSR count). The molecule has 1 amide bonds. The predicted molar refractivity (Wildman–Crippen MR) is 110 cm³/mol. The fraction of sp³-hybridized carbons (Fsp3) is 0.238. The van der Waals surface area contributed by atoms with E-state index in [1.165, 1.54) is 11.3 Å². The molecule has 1 aromatic heterocycles. The van der Waals surface area contributed by atoms with Crippen molar-refractivity contribution in [2.24, 2.45) is 0 Å². The van der Waals surface area contributed by atoms with Gasteiger partial charge in [-0.05, 0) is 32.0 Å². The topological polar surface area (TPSA) is 60.5 Å². The van der Waals surface area contributed by atoms with Gasteiger partial charge >= 0.3 is 0 Å². The van der Waals surface area contributed by atoms with E-state index in [0.29, 0.717) is 23.1 Å². The molecule has 3 aromatic rings. The number of aromatic nitrogens is 1. The predicted octanol–water partition coefficient (Wildman–Crippen LogP) is 4.62. The van der Waals surface area contributed by atoms with Crippen LogP contribution in [-0.2, 0) is 11.3 Å². The Kier molecular flexibility index (Phi) is 5.24. The van der Waals surface area contributed by atoms with Crippen LogP contribution < -0.4 is 14.8 Å². The second kappa shape index (κ2) is 7.81. The highest BCUT2D eigenvalue weighted by Crippen LogP contribution is 2.34. The molecule has 0 fully saturated rings. The van der Waals surface area contributed by atoms with Crippen LogP contribution in [0.3, 0.4) is 0 Å². The number of nitrogens with one attached hydrogen (secondary N) is 1. The number of halogens is 1. The van der Waals surface area contributed by atoms with Gasteiger partial charge in [0, 0.05) is 10.4 Å². The van der Waals surface area contributed by atoms with Gasteiger partial charge in [-0.1, -0.05) is 41.9 Å². The molecule has 0 saturated carbocycles. The van der Waals surface area contributed by atoms with Crippen LogP contribution in [0, 0.1) is 6.92 Å². The van der Waals surface area contributed by atoms with Crippen molar-refractivity contribution in [3.8, 4) is 22.1 Å². The molecule has 5 nitrogen and oxygen atoms in total. The van der Waals surface area contributed by atoms with Crippen LogP contribution in [0.15, 0.2) is 48.5 Å². The van der Waals surface area contributed by atoms with Gasteiger partial charge in [-0.25, -0.2) is 4.98 Å². The van der Waals surface area contributed by atoms with Crippen molar-refractivity contribution in [2.45, 2.75) is 32.6 Å². The normalized spacial score (nSPS) is 18.0. The number of hydrogen-bond donors (Lipinski definition) is 1. The zero-order chi connectivity index (χ0) is 19.7. The third-order valence-electron chi connectivity index (χ3n) is 4.52. The van der Waals surface area contributed by atoms with Crippen LogP contribution in [0.4, 0.5) is 0 Å². The van der Waals surface area contributed by atoms with Gasteiger partial charge in [-0.15, -0.1) is 11.3 Å². The molecule has 0 spiro atoms. The molecule has 0 radical (unpaired) electrons. The SMILES string of the molecule is Cc1nc(-c2ccccc2Cl)sc1CNC(=O)[C@H]1Oc2ccccc2O[C@@H]1C. The summed E-state index contributed by atoms with van der Waals surface area (Å²) < 4.78 is 11.7. The lowest BCUT2D eigenvalue weighted by molar-refractivity contribution is -0.133. The summed E-state index contributed by atoms with van der Waals surface area (Å²) in [5, 5.41) is 4.44. The quantitative estimate of drug-likeness (QED) is 0.676. The number of fused-ring (bicyclic) bond motifs is 1. The molecule has 1 N–H and O–H groups in total. The molecule has 0 saturated heterocycles. The number of rotatable bonds is 4. The second-order valence-corrected chi connectivity index (χ2v) is 8.02. The number of ether oxygens (including phenoxy) is 2. The number of aryl methyl sites for hydroxylation is 1. The first-order valence-electron chi connectivity index (χ1n) is 8.94. The number of para-hydroxylation sites is 2. The molecule has 28 heavy (non-hydrogen) atoms. The molecule has 144 valence electrons. The summed E-state index contributed by atoms with van der Waals surface area (Å²) in [5.41, 5.74) is 1.77. The lowest BCUT2D eigenvalue weighted by Crippen LogP contribution is -2.48. The smallest absolute Gasteiger partial charge is 0.265 e. The van der Waals surface area contributed by atoms with Crippen LogP contribution in [0.5, 0.6) is 11.5 Å². The van der Waals surface area contributed by atoms with E-state index >= 15 is 0 Å². The van der Waals surface area contributed by atoms with Crippen molar-refractivity contribution in [1.29, 1.82) is 0 Å². The van der Waals surface area contributed by atoms with E-state index in [-0.39, 0.29) is 12.0 Å². The second-order valence-electron chi connectivity index (χ2n) is 6.53. The molecule has 0 bridgehead atoms. The van der Waals surface area contributed by atoms with E-state index in [4.69, 9.17) is 21.1 Å². The maximum absolute atomic E-state index is 12.7. The van der Waals surface area contributed by atoms with E-state index < -0.39 is 6.10 Å². The molecular formula is C21H19ClN2O3S. The van der Waals surface area contributed by atoms with E-state index in [1.807, 2.05) is 56.3 Å². The van der Waals surface area contributed by atoms with Crippen molar-refractivity contribution in [3.63, 3.8) is 0 Å². The summed E-state index contributed by atoms with van der Waals surface area (Å²) in [6.07, 6.45) is -1.08. The number of benzene rings is 2. The summed E-state index contributed by atoms with van der Waals surface area (Å²) in [4.78, 5) is 18.3. The molecular weight excluding hydrogens is 396 g/mol. The summed E-state index contributed by atoms with van der Waals surface area (Å²) in [5.74, 6) is 1.02. The van der Waals surface area contributed by atoms with E-state index in [9.17, 15) is 4.79 Å². The highest BCUT2D eigenvalue weighted by Gasteiger charge is 2.34. The maximum atomic E-state index is 12.7. The standard InChI is InChI=1S/C21H19ClN2O3S/c1-12-18(28-21(24-12)14-7-3-4-8-15(14)22)11-23-20(25)19-13(2)26-16-9-5-6-10-17(16)27-19/h3-10,13,19H,11H2,1-2H3,(H,23,25)/t13-,19+/m1/s1. The molecule has 2 aromatic carbocycles. The largest absolute Gasteiger partial charge is 0.482 e. The van der Waals surface area contributed by atoms with Gasteiger partial charge in [0.2, 0.25) is 6.10 Å². The number of carbonyl (C=O) groups is 1. The van der Waals surface area contributed by atoms with Crippen LogP contribution in [0.1, 0.15) is 17.5 Å².